The largest absolute Gasteiger partial charge is 0.382 e. The topological polar surface area (TPSA) is 63.6 Å². The Labute approximate surface area is 183 Å². The molecular weight excluding hydrogens is 398 g/mol. The van der Waals surface area contributed by atoms with E-state index in [1.807, 2.05) is 26.1 Å². The van der Waals surface area contributed by atoms with Gasteiger partial charge in [0, 0.05) is 49.8 Å². The number of amides is 2. The molecule has 0 spiro atoms. The number of benzene rings is 1. The van der Waals surface area contributed by atoms with Gasteiger partial charge in [-0.15, -0.1) is 0 Å². The van der Waals surface area contributed by atoms with Crippen LogP contribution in [0.3, 0.4) is 0 Å². The SMILES string of the molecule is CCOCCCN1C(=O)CSc2c(c3ccccc3n2C)C1C(=O)NCCC(C)C. The van der Waals surface area contributed by atoms with Crippen LogP contribution in [0.4, 0.5) is 0 Å². The maximum absolute atomic E-state index is 13.4. The number of para-hydroxylation sites is 1. The molecule has 30 heavy (non-hydrogen) atoms. The Morgan fingerprint density at radius 3 is 2.83 bits per heavy atom. The van der Waals surface area contributed by atoms with Gasteiger partial charge in [-0.3, -0.25) is 9.59 Å². The van der Waals surface area contributed by atoms with Crippen LogP contribution in [-0.2, 0) is 21.4 Å². The molecule has 1 aliphatic heterocycles. The maximum atomic E-state index is 13.4. The van der Waals surface area contributed by atoms with E-state index < -0.39 is 6.04 Å². The molecule has 3 rings (SSSR count). The Bertz CT molecular complexity index is 893. The van der Waals surface area contributed by atoms with Gasteiger partial charge in [-0.05, 0) is 31.7 Å². The minimum absolute atomic E-state index is 0.000731. The molecule has 0 aliphatic carbocycles. The Morgan fingerprint density at radius 1 is 1.33 bits per heavy atom. The first-order valence-electron chi connectivity index (χ1n) is 10.8. The van der Waals surface area contributed by atoms with Gasteiger partial charge in [-0.1, -0.05) is 43.8 Å². The number of carbonyl (C=O) groups excluding carboxylic acids is 2. The molecule has 0 saturated heterocycles. The molecule has 164 valence electrons. The van der Waals surface area contributed by atoms with Gasteiger partial charge in [-0.25, -0.2) is 0 Å². The van der Waals surface area contributed by atoms with Crippen LogP contribution in [-0.4, -0.2) is 53.3 Å². The smallest absolute Gasteiger partial charge is 0.247 e. The molecule has 2 aromatic rings. The van der Waals surface area contributed by atoms with Crippen LogP contribution < -0.4 is 5.32 Å². The summed E-state index contributed by atoms with van der Waals surface area (Å²) in [6.07, 6.45) is 1.62. The number of fused-ring (bicyclic) bond motifs is 3. The third-order valence-electron chi connectivity index (χ3n) is 5.49. The molecule has 0 radical (unpaired) electrons. The Morgan fingerprint density at radius 2 is 2.10 bits per heavy atom. The van der Waals surface area contributed by atoms with E-state index in [1.54, 1.807) is 4.90 Å². The van der Waals surface area contributed by atoms with Gasteiger partial charge in [-0.2, -0.15) is 0 Å². The number of hydrogen-bond donors (Lipinski definition) is 1. The van der Waals surface area contributed by atoms with E-state index in [1.165, 1.54) is 11.8 Å². The Kier molecular flexibility index (Phi) is 7.83. The van der Waals surface area contributed by atoms with Crippen molar-refractivity contribution in [2.45, 2.75) is 44.7 Å². The van der Waals surface area contributed by atoms with E-state index in [9.17, 15) is 9.59 Å². The van der Waals surface area contributed by atoms with Crippen LogP contribution >= 0.6 is 11.8 Å². The van der Waals surface area contributed by atoms with Crippen molar-refractivity contribution >= 4 is 34.5 Å². The minimum Gasteiger partial charge on any atom is -0.382 e. The number of nitrogens with one attached hydrogen (secondary N) is 1. The third-order valence-corrected chi connectivity index (χ3v) is 6.65. The summed E-state index contributed by atoms with van der Waals surface area (Å²) in [6, 6.07) is 7.50. The van der Waals surface area contributed by atoms with Gasteiger partial charge < -0.3 is 19.5 Å². The summed E-state index contributed by atoms with van der Waals surface area (Å²) in [4.78, 5) is 28.3. The fraction of sp³-hybridized carbons (Fsp3) is 0.565. The molecule has 6 nitrogen and oxygen atoms in total. The van der Waals surface area contributed by atoms with E-state index in [2.05, 4.69) is 35.9 Å². The molecule has 0 fully saturated rings. The van der Waals surface area contributed by atoms with E-state index >= 15 is 0 Å². The van der Waals surface area contributed by atoms with Gasteiger partial charge in [0.2, 0.25) is 11.8 Å². The molecule has 1 unspecified atom stereocenters. The lowest BCUT2D eigenvalue weighted by Gasteiger charge is -2.30. The highest BCUT2D eigenvalue weighted by atomic mass is 32.2. The first-order chi connectivity index (χ1) is 14.5. The summed E-state index contributed by atoms with van der Waals surface area (Å²) in [5.74, 6) is 0.745. The van der Waals surface area contributed by atoms with Gasteiger partial charge in [0.1, 0.15) is 6.04 Å². The molecule has 1 aromatic heterocycles. The zero-order valence-corrected chi connectivity index (χ0v) is 19.3. The zero-order valence-electron chi connectivity index (χ0n) is 18.4. The van der Waals surface area contributed by atoms with Gasteiger partial charge in [0.15, 0.2) is 0 Å². The Hall–Kier alpha value is -1.99. The van der Waals surface area contributed by atoms with E-state index in [0.29, 0.717) is 44.4 Å². The van der Waals surface area contributed by atoms with Crippen LogP contribution in [0.25, 0.3) is 10.9 Å². The summed E-state index contributed by atoms with van der Waals surface area (Å²) in [7, 11) is 2.01. The fourth-order valence-corrected chi connectivity index (χ4v) is 5.03. The minimum atomic E-state index is -0.623. The molecule has 1 aromatic carbocycles. The first kappa shape index (κ1) is 22.7. The molecule has 0 bridgehead atoms. The number of carbonyl (C=O) groups is 2. The van der Waals surface area contributed by atoms with E-state index in [4.69, 9.17) is 4.74 Å². The number of nitrogens with zero attached hydrogens (tertiary/aromatic N) is 2. The van der Waals surface area contributed by atoms with Crippen LogP contribution in [0.2, 0.25) is 0 Å². The van der Waals surface area contributed by atoms with Crippen molar-refractivity contribution in [1.29, 1.82) is 0 Å². The fourth-order valence-electron chi connectivity index (χ4n) is 3.94. The molecular formula is C23H33N3O3S. The van der Waals surface area contributed by atoms with Crippen LogP contribution in [0.15, 0.2) is 29.3 Å². The average Bonchev–Trinajstić information content (AvgIpc) is 2.90. The lowest BCUT2D eigenvalue weighted by Crippen LogP contribution is -2.44. The predicted octanol–water partition coefficient (Wildman–Crippen LogP) is 3.74. The number of aryl methyl sites for hydroxylation is 1. The van der Waals surface area contributed by atoms with Gasteiger partial charge in [0.05, 0.1) is 10.8 Å². The monoisotopic (exact) mass is 431 g/mol. The van der Waals surface area contributed by atoms with Crippen molar-refractivity contribution in [3.8, 4) is 0 Å². The van der Waals surface area contributed by atoms with Crippen molar-refractivity contribution in [1.82, 2.24) is 14.8 Å². The molecule has 2 heterocycles. The van der Waals surface area contributed by atoms with Crippen molar-refractivity contribution < 1.29 is 14.3 Å². The summed E-state index contributed by atoms with van der Waals surface area (Å²) in [6.45, 7) is 8.59. The average molecular weight is 432 g/mol. The predicted molar refractivity (Wildman–Crippen MR) is 122 cm³/mol. The van der Waals surface area contributed by atoms with Crippen molar-refractivity contribution in [3.05, 3.63) is 29.8 Å². The third kappa shape index (κ3) is 4.83. The summed E-state index contributed by atoms with van der Waals surface area (Å²) >= 11 is 1.53. The first-order valence-corrected chi connectivity index (χ1v) is 11.8. The molecule has 0 saturated carbocycles. The molecule has 1 aliphatic rings. The zero-order chi connectivity index (χ0) is 21.7. The lowest BCUT2D eigenvalue weighted by atomic mass is 10.0. The normalized spacial score (nSPS) is 16.8. The van der Waals surface area contributed by atoms with Gasteiger partial charge in [0.25, 0.3) is 0 Å². The van der Waals surface area contributed by atoms with E-state index in [0.717, 1.165) is 27.9 Å². The van der Waals surface area contributed by atoms with Crippen molar-refractivity contribution in [3.63, 3.8) is 0 Å². The number of aromatic nitrogens is 1. The molecule has 1 N–H and O–H groups in total. The number of hydrogen-bond acceptors (Lipinski definition) is 4. The lowest BCUT2D eigenvalue weighted by molar-refractivity contribution is -0.139. The standard InChI is InChI=1S/C23H33N3O3S/c1-5-29-14-8-13-26-19(27)15-30-23-20(17-9-6-7-10-18(17)25(23)4)21(26)22(28)24-12-11-16(2)3/h6-7,9-10,16,21H,5,8,11-15H2,1-4H3,(H,24,28). The molecule has 7 heteroatoms. The second kappa shape index (κ2) is 10.4. The van der Waals surface area contributed by atoms with Gasteiger partial charge >= 0.3 is 0 Å². The van der Waals surface area contributed by atoms with Crippen LogP contribution in [0.1, 0.15) is 45.2 Å². The highest BCUT2D eigenvalue weighted by Gasteiger charge is 2.38. The Balaban J connectivity index is 2.00. The van der Waals surface area contributed by atoms with Crippen molar-refractivity contribution in [2.75, 3.05) is 32.1 Å². The summed E-state index contributed by atoms with van der Waals surface area (Å²) in [5.41, 5.74) is 2.03. The molecule has 2 amide bonds. The number of ether oxygens (including phenoxy) is 1. The number of thioether (sulfide) groups is 1. The maximum Gasteiger partial charge on any atom is 0.247 e. The second-order valence-corrected chi connectivity index (χ2v) is 9.06. The highest BCUT2D eigenvalue weighted by Crippen LogP contribution is 2.41. The number of rotatable bonds is 9. The quantitative estimate of drug-likeness (QED) is 0.615. The molecule has 1 atom stereocenters. The van der Waals surface area contributed by atoms with Crippen LogP contribution in [0.5, 0.6) is 0 Å². The van der Waals surface area contributed by atoms with Crippen molar-refractivity contribution in [2.24, 2.45) is 13.0 Å². The van der Waals surface area contributed by atoms with E-state index in [-0.39, 0.29) is 11.8 Å². The highest BCUT2D eigenvalue weighted by molar-refractivity contribution is 8.00. The second-order valence-electron chi connectivity index (χ2n) is 8.10. The summed E-state index contributed by atoms with van der Waals surface area (Å²) in [5, 5.41) is 5.13. The van der Waals surface area contributed by atoms with Crippen LogP contribution in [0, 0.1) is 5.92 Å². The summed E-state index contributed by atoms with van der Waals surface area (Å²) < 4.78 is 7.59.